The highest BCUT2D eigenvalue weighted by Crippen LogP contribution is 2.66. The fourth-order valence-corrected chi connectivity index (χ4v) is 9.55. The van der Waals surface area contributed by atoms with Crippen molar-refractivity contribution < 1.29 is 23.1 Å². The van der Waals surface area contributed by atoms with Gasteiger partial charge in [0.05, 0.1) is 23.7 Å². The Balaban J connectivity index is 1.43. The zero-order valence-electron chi connectivity index (χ0n) is 21.6. The Bertz CT molecular complexity index is 1290. The maximum Gasteiger partial charge on any atom is 0.243 e. The summed E-state index contributed by atoms with van der Waals surface area (Å²) in [4.78, 5) is 12.5. The maximum absolute atomic E-state index is 13.2. The first-order chi connectivity index (χ1) is 17.7. The van der Waals surface area contributed by atoms with E-state index in [0.29, 0.717) is 49.5 Å². The molecule has 7 heteroatoms. The van der Waals surface area contributed by atoms with Crippen molar-refractivity contribution in [3.8, 4) is 0 Å². The molecule has 5 atom stereocenters. The Morgan fingerprint density at radius 3 is 2.54 bits per heavy atom. The van der Waals surface area contributed by atoms with Crippen molar-refractivity contribution in [1.82, 2.24) is 4.31 Å². The third-order valence-electron chi connectivity index (χ3n) is 10.2. The summed E-state index contributed by atoms with van der Waals surface area (Å²) in [6.07, 6.45) is 9.34. The largest absolute Gasteiger partial charge is 0.385 e. The van der Waals surface area contributed by atoms with E-state index in [1.807, 2.05) is 18.2 Å². The Labute approximate surface area is 220 Å². The van der Waals surface area contributed by atoms with E-state index in [0.717, 1.165) is 44.1 Å². The van der Waals surface area contributed by atoms with Gasteiger partial charge in [-0.2, -0.15) is 4.31 Å². The molecule has 5 aliphatic rings. The van der Waals surface area contributed by atoms with Gasteiger partial charge < -0.3 is 9.84 Å². The van der Waals surface area contributed by atoms with Crippen molar-refractivity contribution in [3.63, 3.8) is 0 Å². The van der Waals surface area contributed by atoms with E-state index < -0.39 is 15.6 Å². The average Bonchev–Trinajstić information content (AvgIpc) is 3.19. The van der Waals surface area contributed by atoms with Crippen LogP contribution in [-0.4, -0.2) is 55.5 Å². The number of hydrogen-bond donors (Lipinski definition) is 1. The molecule has 0 amide bonds. The van der Waals surface area contributed by atoms with Crippen LogP contribution in [0.25, 0.3) is 0 Å². The van der Waals surface area contributed by atoms with Crippen molar-refractivity contribution in [2.75, 3.05) is 26.3 Å². The van der Waals surface area contributed by atoms with E-state index >= 15 is 0 Å². The minimum absolute atomic E-state index is 0.0721. The molecule has 1 aliphatic heterocycles. The summed E-state index contributed by atoms with van der Waals surface area (Å²) in [5.41, 5.74) is 3.85. The van der Waals surface area contributed by atoms with Gasteiger partial charge in [-0.3, -0.25) is 4.79 Å². The summed E-state index contributed by atoms with van der Waals surface area (Å²) >= 11 is 0. The Morgan fingerprint density at radius 2 is 1.84 bits per heavy atom. The molecule has 37 heavy (non-hydrogen) atoms. The molecule has 1 aromatic carbocycles. The molecule has 1 saturated heterocycles. The highest BCUT2D eigenvalue weighted by atomic mass is 32.2. The third-order valence-corrected chi connectivity index (χ3v) is 12.1. The van der Waals surface area contributed by atoms with E-state index in [2.05, 4.69) is 13.5 Å². The Kier molecular flexibility index (Phi) is 6.14. The minimum Gasteiger partial charge on any atom is -0.385 e. The fourth-order valence-electron chi connectivity index (χ4n) is 8.14. The number of hydrogen-bond acceptors (Lipinski definition) is 5. The zero-order chi connectivity index (χ0) is 26.0. The number of aliphatic hydroxyl groups is 1. The lowest BCUT2D eigenvalue weighted by Gasteiger charge is -2.54. The molecule has 0 radical (unpaired) electrons. The van der Waals surface area contributed by atoms with Crippen LogP contribution >= 0.6 is 0 Å². The number of rotatable bonds is 4. The summed E-state index contributed by atoms with van der Waals surface area (Å²) in [6.45, 7) is 7.83. The number of benzene rings is 1. The van der Waals surface area contributed by atoms with Crippen LogP contribution < -0.4 is 0 Å². The molecular weight excluding hydrogens is 486 g/mol. The number of sulfonamides is 1. The standard InChI is InChI=1S/C30H37NO5S/c1-3-30(33)13-12-27-25-10-6-21-18-22(32)7-11-24(21)28(25)26(19-29(27,30)2)20-4-8-23(9-5-20)37(34,35)31-14-16-36-17-15-31/h3-5,8-9,18,25-27,33H,1,6-7,10-17,19H2,2H3/t25-,26+,27-,29-,30-/m0/s1. The number of morpholine rings is 1. The van der Waals surface area contributed by atoms with Gasteiger partial charge in [0.25, 0.3) is 0 Å². The zero-order valence-corrected chi connectivity index (χ0v) is 22.4. The lowest BCUT2D eigenvalue weighted by molar-refractivity contribution is -0.114. The number of ketones is 1. The van der Waals surface area contributed by atoms with Gasteiger partial charge in [0.1, 0.15) is 0 Å². The molecule has 0 spiro atoms. The second-order valence-electron chi connectivity index (χ2n) is 11.7. The van der Waals surface area contributed by atoms with Crippen LogP contribution in [0.4, 0.5) is 0 Å². The van der Waals surface area contributed by atoms with E-state index in [1.165, 1.54) is 21.0 Å². The van der Waals surface area contributed by atoms with Crippen LogP contribution in [0.2, 0.25) is 0 Å². The monoisotopic (exact) mass is 523 g/mol. The third kappa shape index (κ3) is 3.84. The summed E-state index contributed by atoms with van der Waals surface area (Å²) in [5, 5.41) is 11.7. The van der Waals surface area contributed by atoms with Crippen LogP contribution in [0.3, 0.4) is 0 Å². The predicted octanol–water partition coefficient (Wildman–Crippen LogP) is 4.52. The number of nitrogens with zero attached hydrogens (tertiary/aromatic N) is 1. The lowest BCUT2D eigenvalue weighted by atomic mass is 9.51. The maximum atomic E-state index is 13.2. The molecule has 1 heterocycles. The summed E-state index contributed by atoms with van der Waals surface area (Å²) in [5.74, 6) is 1.02. The van der Waals surface area contributed by atoms with Gasteiger partial charge in [0, 0.05) is 30.8 Å². The molecule has 0 unspecified atom stereocenters. The van der Waals surface area contributed by atoms with E-state index in [-0.39, 0.29) is 17.1 Å². The summed E-state index contributed by atoms with van der Waals surface area (Å²) < 4.78 is 33.3. The van der Waals surface area contributed by atoms with Gasteiger partial charge in [-0.05, 0) is 85.3 Å². The van der Waals surface area contributed by atoms with Crippen LogP contribution in [0.15, 0.2) is 64.6 Å². The van der Waals surface area contributed by atoms with Gasteiger partial charge in [-0.15, -0.1) is 6.58 Å². The normalized spacial score (nSPS) is 36.4. The first-order valence-corrected chi connectivity index (χ1v) is 15.1. The smallest absolute Gasteiger partial charge is 0.243 e. The molecule has 198 valence electrons. The number of carbonyl (C=O) groups is 1. The number of allylic oxidation sites excluding steroid dienone is 4. The van der Waals surface area contributed by atoms with Crippen LogP contribution in [-0.2, 0) is 19.6 Å². The molecular formula is C30H37NO5S. The molecule has 6 nitrogen and oxygen atoms in total. The van der Waals surface area contributed by atoms with Gasteiger partial charge in [-0.25, -0.2) is 8.42 Å². The van der Waals surface area contributed by atoms with Crippen molar-refractivity contribution >= 4 is 15.8 Å². The second kappa shape index (κ2) is 9.01. The molecule has 4 aliphatic carbocycles. The average molecular weight is 524 g/mol. The van der Waals surface area contributed by atoms with E-state index in [4.69, 9.17) is 4.74 Å². The predicted molar refractivity (Wildman–Crippen MR) is 141 cm³/mol. The molecule has 1 N–H and O–H groups in total. The van der Waals surface area contributed by atoms with Crippen molar-refractivity contribution in [3.05, 3.63) is 65.3 Å². The second-order valence-corrected chi connectivity index (χ2v) is 13.7. The first kappa shape index (κ1) is 25.2. The summed E-state index contributed by atoms with van der Waals surface area (Å²) in [6, 6.07) is 7.43. The van der Waals surface area contributed by atoms with Gasteiger partial charge >= 0.3 is 0 Å². The highest BCUT2D eigenvalue weighted by molar-refractivity contribution is 7.89. The number of ether oxygens (including phenoxy) is 1. The fraction of sp³-hybridized carbons (Fsp3) is 0.567. The topological polar surface area (TPSA) is 83.9 Å². The highest BCUT2D eigenvalue weighted by Gasteiger charge is 2.61. The van der Waals surface area contributed by atoms with Crippen molar-refractivity contribution in [2.24, 2.45) is 17.3 Å². The van der Waals surface area contributed by atoms with E-state index in [9.17, 15) is 18.3 Å². The molecule has 0 aromatic heterocycles. The van der Waals surface area contributed by atoms with Crippen LogP contribution in [0.5, 0.6) is 0 Å². The SMILES string of the molecule is C=C[C@]1(O)CC[C@H]2[C@@H]3CCC4=CC(=O)CCC4=C3[C@@H](c3ccc(S(=O)(=O)N4CCOCC4)cc3)C[C@@]21C. The first-order valence-electron chi connectivity index (χ1n) is 13.7. The Morgan fingerprint density at radius 1 is 1.11 bits per heavy atom. The molecule has 6 rings (SSSR count). The number of fused-ring (bicyclic) bond motifs is 4. The van der Waals surface area contributed by atoms with Gasteiger partial charge in [0.2, 0.25) is 10.0 Å². The van der Waals surface area contributed by atoms with Crippen LogP contribution in [0.1, 0.15) is 63.4 Å². The number of carbonyl (C=O) groups excluding carboxylic acids is 1. The van der Waals surface area contributed by atoms with E-state index in [1.54, 1.807) is 18.2 Å². The Hall–Kier alpha value is -2.06. The van der Waals surface area contributed by atoms with Crippen molar-refractivity contribution in [1.29, 1.82) is 0 Å². The summed E-state index contributed by atoms with van der Waals surface area (Å²) in [7, 11) is -3.57. The molecule has 1 aromatic rings. The minimum atomic E-state index is -3.57. The molecule has 3 fully saturated rings. The molecule has 2 saturated carbocycles. The van der Waals surface area contributed by atoms with Crippen molar-refractivity contribution in [2.45, 2.75) is 68.3 Å². The van der Waals surface area contributed by atoms with Gasteiger partial charge in [0.15, 0.2) is 5.78 Å². The van der Waals surface area contributed by atoms with Gasteiger partial charge in [-0.1, -0.05) is 30.7 Å². The molecule has 0 bridgehead atoms. The van der Waals surface area contributed by atoms with Crippen LogP contribution in [0, 0.1) is 17.3 Å². The lowest BCUT2D eigenvalue weighted by Crippen LogP contribution is -2.50. The quantitative estimate of drug-likeness (QED) is 0.587.